The van der Waals surface area contributed by atoms with Crippen LogP contribution in [-0.2, 0) is 9.59 Å². The number of aliphatic carboxylic acids is 1. The average molecular weight is 314 g/mol. The molecular weight excluding hydrogens is 288 g/mol. The number of carbonyl (C=O) groups excluding carboxylic acids is 1. The van der Waals surface area contributed by atoms with Crippen molar-refractivity contribution in [3.63, 3.8) is 0 Å². The zero-order valence-electron chi connectivity index (χ0n) is 13.3. The highest BCUT2D eigenvalue weighted by Gasteiger charge is 2.48. The minimum Gasteiger partial charge on any atom is -0.480 e. The van der Waals surface area contributed by atoms with Gasteiger partial charge < -0.3 is 15.3 Å². The summed E-state index contributed by atoms with van der Waals surface area (Å²) in [6.07, 6.45) is 2.04. The van der Waals surface area contributed by atoms with Crippen molar-refractivity contribution in [1.82, 2.24) is 10.2 Å². The van der Waals surface area contributed by atoms with Crippen LogP contribution < -0.4 is 5.32 Å². The summed E-state index contributed by atoms with van der Waals surface area (Å²) in [7, 11) is 0. The van der Waals surface area contributed by atoms with E-state index in [9.17, 15) is 14.7 Å². The number of amides is 1. The summed E-state index contributed by atoms with van der Waals surface area (Å²) >= 11 is 1.58. The molecule has 2 rings (SSSR count). The van der Waals surface area contributed by atoms with Gasteiger partial charge in [-0.15, -0.1) is 11.8 Å². The van der Waals surface area contributed by atoms with E-state index in [0.717, 1.165) is 19.4 Å². The molecule has 0 aliphatic carbocycles. The lowest BCUT2D eigenvalue weighted by atomic mass is 9.77. The van der Waals surface area contributed by atoms with Crippen molar-refractivity contribution in [1.29, 1.82) is 0 Å². The highest BCUT2D eigenvalue weighted by atomic mass is 32.2. The highest BCUT2D eigenvalue weighted by Crippen LogP contribution is 2.38. The molecular formula is C15H26N2O3S. The number of thioether (sulfide) groups is 1. The fraction of sp³-hybridized carbons (Fsp3) is 0.867. The van der Waals surface area contributed by atoms with E-state index < -0.39 is 12.0 Å². The first-order chi connectivity index (χ1) is 9.75. The van der Waals surface area contributed by atoms with E-state index >= 15 is 0 Å². The minimum atomic E-state index is -0.896. The first-order valence-electron chi connectivity index (χ1n) is 7.65. The Hall–Kier alpha value is -0.750. The Morgan fingerprint density at radius 2 is 2.05 bits per heavy atom. The van der Waals surface area contributed by atoms with Crippen molar-refractivity contribution >= 4 is 23.6 Å². The Kier molecular flexibility index (Phi) is 4.88. The smallest absolute Gasteiger partial charge is 0.327 e. The third kappa shape index (κ3) is 3.21. The first-order valence-corrected chi connectivity index (χ1v) is 8.70. The highest BCUT2D eigenvalue weighted by molar-refractivity contribution is 8.00. The predicted molar refractivity (Wildman–Crippen MR) is 84.2 cm³/mol. The topological polar surface area (TPSA) is 69.6 Å². The average Bonchev–Trinajstić information content (AvgIpc) is 2.82. The zero-order chi connectivity index (χ0) is 15.8. The number of carbonyl (C=O) groups is 2. The second-order valence-electron chi connectivity index (χ2n) is 7.05. The molecule has 0 aromatic carbocycles. The second kappa shape index (κ2) is 6.16. The van der Waals surface area contributed by atoms with Crippen molar-refractivity contribution in [2.75, 3.05) is 12.3 Å². The Labute approximate surface area is 130 Å². The van der Waals surface area contributed by atoms with Crippen molar-refractivity contribution in [3.05, 3.63) is 0 Å². The largest absolute Gasteiger partial charge is 0.480 e. The summed E-state index contributed by atoms with van der Waals surface area (Å²) < 4.78 is 0. The third-order valence-electron chi connectivity index (χ3n) is 4.52. The van der Waals surface area contributed by atoms with E-state index in [0.29, 0.717) is 5.75 Å². The number of carboxylic acids is 1. The van der Waals surface area contributed by atoms with Crippen LogP contribution in [0.3, 0.4) is 0 Å². The molecule has 1 amide bonds. The molecule has 21 heavy (non-hydrogen) atoms. The normalized spacial score (nSPS) is 32.4. The molecule has 0 spiro atoms. The summed E-state index contributed by atoms with van der Waals surface area (Å²) in [6, 6.07) is -0.984. The molecule has 2 aliphatic heterocycles. The number of nitrogens with zero attached hydrogens (tertiary/aromatic N) is 1. The van der Waals surface area contributed by atoms with Gasteiger partial charge in [0, 0.05) is 5.75 Å². The van der Waals surface area contributed by atoms with E-state index in [2.05, 4.69) is 19.2 Å². The number of hydrogen-bond donors (Lipinski definition) is 2. The maximum atomic E-state index is 13.0. The second-order valence-corrected chi connectivity index (χ2v) is 8.20. The van der Waals surface area contributed by atoms with Gasteiger partial charge in [0.2, 0.25) is 5.91 Å². The summed E-state index contributed by atoms with van der Waals surface area (Å²) in [5.41, 5.74) is -0.132. The number of piperidine rings is 1. The van der Waals surface area contributed by atoms with Gasteiger partial charge in [0.25, 0.3) is 0 Å². The number of carboxylic acid groups (broad SMARTS) is 1. The quantitative estimate of drug-likeness (QED) is 0.831. The number of nitrogens with one attached hydrogen (secondary N) is 1. The van der Waals surface area contributed by atoms with Crippen LogP contribution in [0.25, 0.3) is 0 Å². The zero-order valence-corrected chi connectivity index (χ0v) is 14.1. The van der Waals surface area contributed by atoms with Crippen LogP contribution in [0.1, 0.15) is 40.5 Å². The van der Waals surface area contributed by atoms with Gasteiger partial charge in [0.15, 0.2) is 0 Å². The Bertz CT molecular complexity index is 425. The van der Waals surface area contributed by atoms with Gasteiger partial charge in [-0.2, -0.15) is 0 Å². The van der Waals surface area contributed by atoms with E-state index in [4.69, 9.17) is 0 Å². The number of rotatable bonds is 3. The molecule has 0 bridgehead atoms. The van der Waals surface area contributed by atoms with Crippen molar-refractivity contribution in [3.8, 4) is 0 Å². The molecule has 0 aromatic rings. The van der Waals surface area contributed by atoms with Crippen molar-refractivity contribution in [2.24, 2.45) is 11.3 Å². The van der Waals surface area contributed by atoms with Crippen LogP contribution in [0, 0.1) is 11.3 Å². The first kappa shape index (κ1) is 16.6. The number of hydrogen-bond acceptors (Lipinski definition) is 4. The molecule has 0 aromatic heterocycles. The van der Waals surface area contributed by atoms with Gasteiger partial charge in [-0.3, -0.25) is 4.79 Å². The molecule has 3 unspecified atom stereocenters. The predicted octanol–water partition coefficient (Wildman–Crippen LogP) is 1.78. The van der Waals surface area contributed by atoms with Gasteiger partial charge in [-0.25, -0.2) is 4.79 Å². The van der Waals surface area contributed by atoms with Crippen LogP contribution in [0.5, 0.6) is 0 Å². The summed E-state index contributed by atoms with van der Waals surface area (Å²) in [5.74, 6) is -0.213. The third-order valence-corrected chi connectivity index (χ3v) is 6.14. The van der Waals surface area contributed by atoms with E-state index in [-0.39, 0.29) is 28.7 Å². The standard InChI is InChI=1S/C15H26N2O3S/c1-9(2)13-17(10(8-21-13)14(19)20)12(18)11-15(3,4)6-5-7-16-11/h9-11,13,16H,5-8H2,1-4H3,(H,19,20). The molecule has 2 saturated heterocycles. The van der Waals surface area contributed by atoms with Crippen LogP contribution in [-0.4, -0.2) is 51.6 Å². The van der Waals surface area contributed by atoms with Gasteiger partial charge in [-0.05, 0) is 30.7 Å². The molecule has 2 aliphatic rings. The minimum absolute atomic E-state index is 0.0434. The Morgan fingerprint density at radius 3 is 2.57 bits per heavy atom. The lowest BCUT2D eigenvalue weighted by molar-refractivity contribution is -0.152. The molecule has 0 radical (unpaired) electrons. The molecule has 5 nitrogen and oxygen atoms in total. The van der Waals surface area contributed by atoms with E-state index in [1.54, 1.807) is 16.7 Å². The summed E-state index contributed by atoms with van der Waals surface area (Å²) in [5, 5.41) is 12.7. The van der Waals surface area contributed by atoms with Crippen LogP contribution in [0.2, 0.25) is 0 Å². The molecule has 2 N–H and O–H groups in total. The molecule has 2 fully saturated rings. The lowest BCUT2D eigenvalue weighted by Crippen LogP contribution is -2.60. The van der Waals surface area contributed by atoms with Gasteiger partial charge >= 0.3 is 5.97 Å². The summed E-state index contributed by atoms with van der Waals surface area (Å²) in [6.45, 7) is 9.09. The van der Waals surface area contributed by atoms with E-state index in [1.165, 1.54) is 0 Å². The fourth-order valence-corrected chi connectivity index (χ4v) is 4.77. The molecule has 2 heterocycles. The molecule has 6 heteroatoms. The van der Waals surface area contributed by atoms with Crippen LogP contribution in [0.4, 0.5) is 0 Å². The van der Waals surface area contributed by atoms with Gasteiger partial charge in [0.05, 0.1) is 11.4 Å². The van der Waals surface area contributed by atoms with Crippen molar-refractivity contribution < 1.29 is 14.7 Å². The Morgan fingerprint density at radius 1 is 1.38 bits per heavy atom. The molecule has 120 valence electrons. The Balaban J connectivity index is 2.26. The van der Waals surface area contributed by atoms with E-state index in [1.807, 2.05) is 13.8 Å². The van der Waals surface area contributed by atoms with Gasteiger partial charge in [-0.1, -0.05) is 27.7 Å². The van der Waals surface area contributed by atoms with Crippen LogP contribution >= 0.6 is 11.8 Å². The van der Waals surface area contributed by atoms with Gasteiger partial charge in [0.1, 0.15) is 6.04 Å². The maximum Gasteiger partial charge on any atom is 0.327 e. The maximum absolute atomic E-state index is 13.0. The monoisotopic (exact) mass is 314 g/mol. The molecule has 3 atom stereocenters. The lowest BCUT2D eigenvalue weighted by Gasteiger charge is -2.42. The van der Waals surface area contributed by atoms with Crippen molar-refractivity contribution in [2.45, 2.75) is 58.0 Å². The SMILES string of the molecule is CC(C)C1SCC(C(=O)O)N1C(=O)C1NCCCC1(C)C. The van der Waals surface area contributed by atoms with Crippen LogP contribution in [0.15, 0.2) is 0 Å². The summed E-state index contributed by atoms with van der Waals surface area (Å²) in [4.78, 5) is 26.2. The fourth-order valence-electron chi connectivity index (χ4n) is 3.29. The molecule has 0 saturated carbocycles.